The Morgan fingerprint density at radius 1 is 0.891 bits per heavy atom. The molecule has 4 N–H and O–H groups in total. The van der Waals surface area contributed by atoms with Crippen LogP contribution in [0.3, 0.4) is 0 Å². The fraction of sp³-hybridized carbons (Fsp3) is 0.562. The lowest BCUT2D eigenvalue weighted by Crippen LogP contribution is -2.57. The predicted molar refractivity (Wildman–Crippen MR) is 186 cm³/mol. The van der Waals surface area contributed by atoms with Gasteiger partial charge >= 0.3 is 16.2 Å². The number of urea groups is 1. The molecule has 0 unspecified atom stereocenters. The van der Waals surface area contributed by atoms with Crippen LogP contribution in [0.25, 0.3) is 0 Å². The number of hydrogen-bond donors (Lipinski definition) is 3. The van der Waals surface area contributed by atoms with Gasteiger partial charge in [0.2, 0.25) is 5.91 Å². The number of nitrogens with zero attached hydrogens (tertiary/aromatic N) is 4. The Morgan fingerprint density at radius 3 is 2.17 bits per heavy atom. The van der Waals surface area contributed by atoms with Crippen LogP contribution in [0.1, 0.15) is 56.1 Å². The van der Waals surface area contributed by atoms with Gasteiger partial charge in [-0.25, -0.2) is 4.79 Å². The van der Waals surface area contributed by atoms with E-state index >= 15 is 0 Å². The summed E-state index contributed by atoms with van der Waals surface area (Å²) in [7, 11) is -3.68. The van der Waals surface area contributed by atoms with E-state index in [1.54, 1.807) is 11.0 Å². The number of benzene rings is 2. The molecule has 4 heterocycles. The highest BCUT2D eigenvalue weighted by Crippen LogP contribution is 2.32. The van der Waals surface area contributed by atoms with Gasteiger partial charge in [0.15, 0.2) is 0 Å². The topological polar surface area (TPSA) is 131 Å². The smallest absolute Gasteiger partial charge is 0.318 e. The molecule has 1 atom stereocenters. The quantitative estimate of drug-likeness (QED) is 0.370. The van der Waals surface area contributed by atoms with Crippen molar-refractivity contribution in [2.45, 2.75) is 76.0 Å². The minimum atomic E-state index is -3.68. The molecule has 14 heteroatoms. The van der Waals surface area contributed by atoms with Crippen molar-refractivity contribution in [3.63, 3.8) is 0 Å². The number of amides is 3. The highest BCUT2D eigenvalue weighted by Gasteiger charge is 2.38. The first-order valence-electron chi connectivity index (χ1n) is 16.3. The molecule has 3 fully saturated rings. The molecule has 0 spiro atoms. The summed E-state index contributed by atoms with van der Waals surface area (Å²) in [6, 6.07) is 10.4. The van der Waals surface area contributed by atoms with Gasteiger partial charge in [-0.2, -0.15) is 12.7 Å². The molecule has 2 aromatic rings. The molecule has 2 aromatic carbocycles. The number of nitrogen functional groups attached to an aromatic ring is 1. The number of carbonyl (C=O) groups excluding carboxylic acids is 2. The number of carbonyl (C=O) groups is 2. The van der Waals surface area contributed by atoms with Crippen LogP contribution >= 0.6 is 31.9 Å². The average Bonchev–Trinajstić information content (AvgIpc) is 3.06. The number of piperidine rings is 3. The third-order valence-corrected chi connectivity index (χ3v) is 12.7. The number of para-hydroxylation sites is 1. The van der Waals surface area contributed by atoms with E-state index in [1.165, 1.54) is 23.6 Å². The van der Waals surface area contributed by atoms with Crippen molar-refractivity contribution >= 4 is 65.4 Å². The normalized spacial score (nSPS) is 22.1. The van der Waals surface area contributed by atoms with Crippen LogP contribution in [0.4, 0.5) is 16.2 Å². The van der Waals surface area contributed by atoms with Crippen molar-refractivity contribution in [3.05, 3.63) is 56.5 Å². The maximum absolute atomic E-state index is 14.0. The van der Waals surface area contributed by atoms with Gasteiger partial charge in [-0.05, 0) is 113 Å². The number of anilines is 2. The maximum Gasteiger partial charge on any atom is 0.318 e. The highest BCUT2D eigenvalue weighted by molar-refractivity contribution is 9.11. The Hall–Kier alpha value is -2.39. The summed E-state index contributed by atoms with van der Waals surface area (Å²) in [5, 5.41) is 3.06. The van der Waals surface area contributed by atoms with Crippen molar-refractivity contribution in [3.8, 4) is 0 Å². The minimum Gasteiger partial charge on any atom is -0.397 e. The van der Waals surface area contributed by atoms with E-state index in [2.05, 4.69) is 46.8 Å². The van der Waals surface area contributed by atoms with Gasteiger partial charge in [0.1, 0.15) is 6.04 Å². The molecule has 0 aliphatic carbocycles. The summed E-state index contributed by atoms with van der Waals surface area (Å²) < 4.78 is 31.7. The molecule has 11 nitrogen and oxygen atoms in total. The average molecular weight is 782 g/mol. The number of hydrogen-bond acceptors (Lipinski definition) is 6. The standard InChI is InChI=1S/C32H43Br2N7O4S/c33-26-18-22(19-27(34)30(26)35)20-29(31(42)39-14-8-24(9-15-39)38-12-4-1-5-13-38)36-32(43)40-16-10-25(11-17-40)41-21-23-6-2-3-7-28(23)37-46(41,44)45/h2-3,6-7,18-19,24-25,29,37H,1,4-5,8-17,20-21,35H2,(H,36,43)/t29-/m0/s1. The van der Waals surface area contributed by atoms with Crippen LogP contribution in [0.2, 0.25) is 0 Å². The van der Waals surface area contributed by atoms with E-state index in [-0.39, 0.29) is 18.0 Å². The SMILES string of the molecule is Nc1c(Br)cc(C[C@H](NC(=O)N2CCC(N3Cc4ccccc4NS3(=O)=O)CC2)C(=O)N2CCC(N3CCCCC3)CC2)cc1Br. The van der Waals surface area contributed by atoms with Gasteiger partial charge in [0.05, 0.1) is 11.4 Å². The number of nitrogens with two attached hydrogens (primary N) is 1. The van der Waals surface area contributed by atoms with Gasteiger partial charge < -0.3 is 25.8 Å². The van der Waals surface area contributed by atoms with Crippen molar-refractivity contribution in [1.82, 2.24) is 24.3 Å². The van der Waals surface area contributed by atoms with E-state index in [0.717, 1.165) is 46.0 Å². The molecule has 46 heavy (non-hydrogen) atoms. The molecular formula is C32H43Br2N7O4S. The molecule has 3 saturated heterocycles. The van der Waals surface area contributed by atoms with Crippen LogP contribution < -0.4 is 15.8 Å². The van der Waals surface area contributed by atoms with Crippen LogP contribution in [-0.2, 0) is 28.0 Å². The zero-order valence-electron chi connectivity index (χ0n) is 26.0. The molecule has 3 amide bonds. The lowest BCUT2D eigenvalue weighted by Gasteiger charge is -2.41. The molecule has 0 bridgehead atoms. The van der Waals surface area contributed by atoms with Crippen LogP contribution in [0, 0.1) is 0 Å². The van der Waals surface area contributed by atoms with E-state index in [0.29, 0.717) is 69.4 Å². The highest BCUT2D eigenvalue weighted by atomic mass is 79.9. The first-order chi connectivity index (χ1) is 22.1. The van der Waals surface area contributed by atoms with Gasteiger partial charge in [0.25, 0.3) is 0 Å². The first-order valence-corrected chi connectivity index (χ1v) is 19.3. The molecule has 250 valence electrons. The lowest BCUT2D eigenvalue weighted by molar-refractivity contribution is -0.134. The summed E-state index contributed by atoms with van der Waals surface area (Å²) in [6.07, 6.45) is 7.02. The Kier molecular flexibility index (Phi) is 10.5. The van der Waals surface area contributed by atoms with E-state index in [1.807, 2.05) is 35.2 Å². The van der Waals surface area contributed by atoms with E-state index < -0.39 is 16.3 Å². The largest absolute Gasteiger partial charge is 0.397 e. The summed E-state index contributed by atoms with van der Waals surface area (Å²) in [4.78, 5) is 33.9. The second-order valence-electron chi connectivity index (χ2n) is 12.9. The van der Waals surface area contributed by atoms with Gasteiger partial charge in [-0.1, -0.05) is 24.6 Å². The Bertz CT molecular complexity index is 1520. The molecule has 0 radical (unpaired) electrons. The monoisotopic (exact) mass is 779 g/mol. The van der Waals surface area contributed by atoms with Gasteiger partial charge in [-0.3, -0.25) is 9.52 Å². The Balaban J connectivity index is 1.11. The fourth-order valence-corrected chi connectivity index (χ4v) is 10.1. The minimum absolute atomic E-state index is 0.0754. The summed E-state index contributed by atoms with van der Waals surface area (Å²) in [6.45, 7) is 4.73. The number of nitrogens with one attached hydrogen (secondary N) is 2. The van der Waals surface area contributed by atoms with Crippen LogP contribution in [-0.4, -0.2) is 96.8 Å². The number of fused-ring (bicyclic) bond motifs is 1. The molecule has 6 rings (SSSR count). The fourth-order valence-electron chi connectivity index (χ4n) is 7.28. The van der Waals surface area contributed by atoms with Crippen molar-refractivity contribution < 1.29 is 18.0 Å². The van der Waals surface area contributed by atoms with Gasteiger partial charge in [-0.15, -0.1) is 0 Å². The Morgan fingerprint density at radius 2 is 1.50 bits per heavy atom. The number of halogens is 2. The first kappa shape index (κ1) is 33.5. The third-order valence-electron chi connectivity index (χ3n) is 9.91. The zero-order valence-corrected chi connectivity index (χ0v) is 30.0. The van der Waals surface area contributed by atoms with E-state index in [9.17, 15) is 18.0 Å². The molecule has 0 aromatic heterocycles. The zero-order chi connectivity index (χ0) is 32.4. The molecule has 4 aliphatic heterocycles. The van der Waals surface area contributed by atoms with Crippen molar-refractivity contribution in [2.24, 2.45) is 0 Å². The van der Waals surface area contributed by atoms with Crippen molar-refractivity contribution in [2.75, 3.05) is 49.7 Å². The van der Waals surface area contributed by atoms with Crippen LogP contribution in [0.15, 0.2) is 45.3 Å². The van der Waals surface area contributed by atoms with Crippen LogP contribution in [0.5, 0.6) is 0 Å². The van der Waals surface area contributed by atoms with Gasteiger partial charge in [0, 0.05) is 60.2 Å². The summed E-state index contributed by atoms with van der Waals surface area (Å²) in [5.41, 5.74) is 9.11. The molecule has 0 saturated carbocycles. The third kappa shape index (κ3) is 7.51. The second kappa shape index (κ2) is 14.4. The number of rotatable bonds is 6. The molecule has 4 aliphatic rings. The van der Waals surface area contributed by atoms with Crippen molar-refractivity contribution in [1.29, 1.82) is 0 Å². The second-order valence-corrected chi connectivity index (χ2v) is 16.2. The predicted octanol–water partition coefficient (Wildman–Crippen LogP) is 4.53. The van der Waals surface area contributed by atoms with E-state index in [4.69, 9.17) is 5.73 Å². The number of likely N-dealkylation sites (tertiary alicyclic amines) is 3. The maximum atomic E-state index is 14.0. The summed E-state index contributed by atoms with van der Waals surface area (Å²) >= 11 is 7.02. The molecular weight excluding hydrogens is 738 g/mol. The summed E-state index contributed by atoms with van der Waals surface area (Å²) in [5.74, 6) is -0.0754. The Labute approximate surface area is 288 Å². The lowest BCUT2D eigenvalue weighted by atomic mass is 9.98.